The van der Waals surface area contributed by atoms with E-state index in [-0.39, 0.29) is 0 Å². The summed E-state index contributed by atoms with van der Waals surface area (Å²) in [5.41, 5.74) is 1.30. The zero-order chi connectivity index (χ0) is 16.5. The quantitative estimate of drug-likeness (QED) is 0.805. The molecule has 3 fully saturated rings. The van der Waals surface area contributed by atoms with Crippen LogP contribution in [0.5, 0.6) is 11.5 Å². The molecule has 3 atom stereocenters. The van der Waals surface area contributed by atoms with Gasteiger partial charge in [-0.05, 0) is 37.3 Å². The average molecular weight is 332 g/mol. The number of benzene rings is 1. The van der Waals surface area contributed by atoms with Crippen LogP contribution >= 0.6 is 0 Å². The minimum atomic E-state index is 0.871. The second-order valence-corrected chi connectivity index (χ2v) is 8.04. The average Bonchev–Trinajstić information content (AvgIpc) is 3.26. The van der Waals surface area contributed by atoms with Gasteiger partial charge in [-0.2, -0.15) is 0 Å². The van der Waals surface area contributed by atoms with Crippen molar-refractivity contribution in [1.29, 1.82) is 0 Å². The summed E-state index contributed by atoms with van der Waals surface area (Å²) in [6, 6.07) is 7.21. The maximum Gasteiger partial charge on any atom is 0.131 e. The molecule has 1 heterocycles. The molecule has 0 unspecified atom stereocenters. The third-order valence-electron chi connectivity index (χ3n) is 6.80. The molecule has 1 aromatic rings. The normalized spacial score (nSPS) is 35.2. The van der Waals surface area contributed by atoms with Crippen molar-refractivity contribution in [3.05, 3.63) is 23.8 Å². The lowest BCUT2D eigenvalue weighted by Crippen LogP contribution is -3.29. The van der Waals surface area contributed by atoms with Crippen LogP contribution in [-0.2, 0) is 6.54 Å². The highest BCUT2D eigenvalue weighted by molar-refractivity contribution is 5.40. The summed E-state index contributed by atoms with van der Waals surface area (Å²) in [5.74, 6) is 3.95. The van der Waals surface area contributed by atoms with E-state index in [1.165, 1.54) is 57.4 Å². The first-order chi connectivity index (χ1) is 11.8. The highest BCUT2D eigenvalue weighted by atomic mass is 16.5. The van der Waals surface area contributed by atoms with Crippen molar-refractivity contribution in [2.45, 2.75) is 38.3 Å². The second kappa shape index (κ2) is 6.93. The van der Waals surface area contributed by atoms with Gasteiger partial charge in [0.05, 0.1) is 20.3 Å². The van der Waals surface area contributed by atoms with Gasteiger partial charge in [0.15, 0.2) is 0 Å². The van der Waals surface area contributed by atoms with Crippen molar-refractivity contribution in [3.8, 4) is 11.5 Å². The number of quaternary nitrogens is 2. The fourth-order valence-electron chi connectivity index (χ4n) is 5.48. The number of hydrogen-bond donors (Lipinski definition) is 2. The van der Waals surface area contributed by atoms with E-state index in [2.05, 4.69) is 6.07 Å². The molecule has 1 aromatic carbocycles. The molecular weight excluding hydrogens is 300 g/mol. The Labute approximate surface area is 145 Å². The van der Waals surface area contributed by atoms with E-state index in [9.17, 15) is 0 Å². The van der Waals surface area contributed by atoms with Gasteiger partial charge in [0, 0.05) is 24.0 Å². The van der Waals surface area contributed by atoms with E-state index in [4.69, 9.17) is 9.47 Å². The fraction of sp³-hybridized carbons (Fsp3) is 0.700. The predicted octanol–water partition coefficient (Wildman–Crippen LogP) is 0.176. The Morgan fingerprint density at radius 1 is 1.00 bits per heavy atom. The number of hydrogen-bond acceptors (Lipinski definition) is 2. The number of nitrogens with one attached hydrogen (secondary N) is 2. The van der Waals surface area contributed by atoms with Gasteiger partial charge in [-0.3, -0.25) is 0 Å². The molecule has 2 aliphatic carbocycles. The summed E-state index contributed by atoms with van der Waals surface area (Å²) in [6.07, 6.45) is 6.08. The highest BCUT2D eigenvalue weighted by Crippen LogP contribution is 2.43. The smallest absolute Gasteiger partial charge is 0.131 e. The Morgan fingerprint density at radius 3 is 2.46 bits per heavy atom. The van der Waals surface area contributed by atoms with Gasteiger partial charge >= 0.3 is 0 Å². The highest BCUT2D eigenvalue weighted by Gasteiger charge is 2.46. The second-order valence-electron chi connectivity index (χ2n) is 8.04. The lowest BCUT2D eigenvalue weighted by atomic mass is 9.93. The third kappa shape index (κ3) is 3.14. The lowest BCUT2D eigenvalue weighted by Gasteiger charge is -2.36. The van der Waals surface area contributed by atoms with E-state index in [0.29, 0.717) is 0 Å². The standard InChI is InChI=1S/C20H30N2O2/c1-23-18-6-5-17(20(13-18)24-2)14-21-7-9-22(10-8-21)19-12-15-3-4-16(19)11-15/h5-6,13,15-16,19H,3-4,7-12,14H2,1-2H3/p+2/t15-,16+,19+/m0/s1. The number of ether oxygens (including phenoxy) is 2. The maximum absolute atomic E-state index is 5.57. The van der Waals surface area contributed by atoms with E-state index in [1.54, 1.807) is 19.1 Å². The van der Waals surface area contributed by atoms with Crippen molar-refractivity contribution in [1.82, 2.24) is 0 Å². The van der Waals surface area contributed by atoms with Crippen molar-refractivity contribution >= 4 is 0 Å². The molecule has 1 aliphatic heterocycles. The number of rotatable bonds is 5. The summed E-state index contributed by atoms with van der Waals surface area (Å²) in [5, 5.41) is 0. The number of fused-ring (bicyclic) bond motifs is 2. The van der Waals surface area contributed by atoms with E-state index in [0.717, 1.165) is 35.9 Å². The van der Waals surface area contributed by atoms with Crippen LogP contribution in [-0.4, -0.2) is 46.4 Å². The van der Waals surface area contributed by atoms with E-state index >= 15 is 0 Å². The van der Waals surface area contributed by atoms with Gasteiger partial charge in [-0.1, -0.05) is 0 Å². The predicted molar refractivity (Wildman–Crippen MR) is 93.9 cm³/mol. The zero-order valence-corrected chi connectivity index (χ0v) is 15.1. The first-order valence-electron chi connectivity index (χ1n) is 9.66. The fourth-order valence-corrected chi connectivity index (χ4v) is 5.48. The Hall–Kier alpha value is -1.26. The summed E-state index contributed by atoms with van der Waals surface area (Å²) < 4.78 is 10.9. The first kappa shape index (κ1) is 16.2. The van der Waals surface area contributed by atoms with Crippen LogP contribution in [0.2, 0.25) is 0 Å². The molecule has 0 radical (unpaired) electrons. The molecule has 2 saturated carbocycles. The summed E-state index contributed by atoms with van der Waals surface area (Å²) in [7, 11) is 3.46. The monoisotopic (exact) mass is 332 g/mol. The van der Waals surface area contributed by atoms with Gasteiger partial charge in [-0.15, -0.1) is 0 Å². The summed E-state index contributed by atoms with van der Waals surface area (Å²) >= 11 is 0. The summed E-state index contributed by atoms with van der Waals surface area (Å²) in [4.78, 5) is 3.61. The molecule has 4 rings (SSSR count). The molecule has 0 spiro atoms. The molecule has 0 aromatic heterocycles. The lowest BCUT2D eigenvalue weighted by molar-refractivity contribution is -1.03. The van der Waals surface area contributed by atoms with Crippen LogP contribution in [0.4, 0.5) is 0 Å². The number of methoxy groups -OCH3 is 2. The van der Waals surface area contributed by atoms with Crippen LogP contribution in [0.1, 0.15) is 31.2 Å². The van der Waals surface area contributed by atoms with Crippen molar-refractivity contribution in [3.63, 3.8) is 0 Å². The van der Waals surface area contributed by atoms with Crippen LogP contribution in [0.3, 0.4) is 0 Å². The zero-order valence-electron chi connectivity index (χ0n) is 15.1. The van der Waals surface area contributed by atoms with Gasteiger partial charge in [-0.25, -0.2) is 0 Å². The van der Waals surface area contributed by atoms with Crippen LogP contribution < -0.4 is 19.3 Å². The number of piperazine rings is 1. The summed E-state index contributed by atoms with van der Waals surface area (Å²) in [6.45, 7) is 6.34. The Kier molecular flexibility index (Phi) is 4.68. The molecule has 3 aliphatic rings. The molecule has 2 bridgehead atoms. The minimum Gasteiger partial charge on any atom is -0.497 e. The SMILES string of the molecule is COc1ccc(C[NH+]2CC[NH+]([C@@H]3C[C@H]4CC[C@@H]3C4)CC2)c(OC)c1. The molecule has 1 saturated heterocycles. The minimum absolute atomic E-state index is 0.871. The van der Waals surface area contributed by atoms with Crippen LogP contribution in [0.25, 0.3) is 0 Å². The molecule has 4 nitrogen and oxygen atoms in total. The largest absolute Gasteiger partial charge is 0.497 e. The van der Waals surface area contributed by atoms with Gasteiger partial charge in [0.25, 0.3) is 0 Å². The first-order valence-corrected chi connectivity index (χ1v) is 9.66. The Morgan fingerprint density at radius 2 is 1.83 bits per heavy atom. The third-order valence-corrected chi connectivity index (χ3v) is 6.80. The molecule has 0 amide bonds. The van der Waals surface area contributed by atoms with E-state index < -0.39 is 0 Å². The van der Waals surface area contributed by atoms with Crippen molar-refractivity contribution in [2.24, 2.45) is 11.8 Å². The molecule has 2 N–H and O–H groups in total. The maximum atomic E-state index is 5.57. The molecule has 132 valence electrons. The van der Waals surface area contributed by atoms with Crippen molar-refractivity contribution < 1.29 is 19.3 Å². The van der Waals surface area contributed by atoms with Crippen molar-refractivity contribution in [2.75, 3.05) is 40.4 Å². The Balaban J connectivity index is 1.33. The van der Waals surface area contributed by atoms with Crippen LogP contribution in [0, 0.1) is 11.8 Å². The molecule has 24 heavy (non-hydrogen) atoms. The Bertz CT molecular complexity index is 569. The van der Waals surface area contributed by atoms with E-state index in [1.807, 2.05) is 17.0 Å². The van der Waals surface area contributed by atoms with Gasteiger partial charge in [0.1, 0.15) is 44.2 Å². The van der Waals surface area contributed by atoms with Crippen LogP contribution in [0.15, 0.2) is 18.2 Å². The topological polar surface area (TPSA) is 27.3 Å². The molecular formula is C20H32N2O2+2. The van der Waals surface area contributed by atoms with Gasteiger partial charge < -0.3 is 19.3 Å². The van der Waals surface area contributed by atoms with Gasteiger partial charge in [0.2, 0.25) is 0 Å². The molecule has 4 heteroatoms.